The van der Waals surface area contributed by atoms with E-state index in [1.54, 1.807) is 0 Å². The van der Waals surface area contributed by atoms with E-state index < -0.39 is 0 Å². The van der Waals surface area contributed by atoms with Crippen molar-refractivity contribution in [1.29, 1.82) is 0 Å². The third-order valence-corrected chi connectivity index (χ3v) is 26.8. The van der Waals surface area contributed by atoms with E-state index >= 15 is 0 Å². The van der Waals surface area contributed by atoms with Crippen LogP contribution in [0.3, 0.4) is 0 Å². The monoisotopic (exact) mass is 1940 g/mol. The van der Waals surface area contributed by atoms with Gasteiger partial charge in [-0.15, -0.1) is 0 Å². The lowest BCUT2D eigenvalue weighted by Gasteiger charge is -2.26. The fourth-order valence-electron chi connectivity index (χ4n) is 19.2. The summed E-state index contributed by atoms with van der Waals surface area (Å²) < 4.78 is 9.12. The quantitative estimate of drug-likeness (QED) is 0.0863. The highest BCUT2D eigenvalue weighted by Gasteiger charge is 2.26. The molecule has 5 aromatic heterocycles. The van der Waals surface area contributed by atoms with Crippen molar-refractivity contribution in [3.05, 3.63) is 537 Å². The zero-order valence-corrected chi connectivity index (χ0v) is 79.2. The maximum atomic E-state index is 5.66. The van der Waals surface area contributed by atoms with E-state index in [1.807, 2.05) is 91.0 Å². The largest absolute Gasteiger partial charge is 0.356 e. The van der Waals surface area contributed by atoms with Gasteiger partial charge in [-0.2, -0.15) is 0 Å². The van der Waals surface area contributed by atoms with Crippen LogP contribution in [0.25, 0.3) is 173 Å². The molecule has 0 saturated carbocycles. The van der Waals surface area contributed by atoms with Crippen LogP contribution in [-0.4, -0.2) is 33.6 Å². The molecular weight excluding hydrogens is 1850 g/mol. The number of nitrogens with zero attached hydrogens (tertiary/aromatic N) is 9. The summed E-state index contributed by atoms with van der Waals surface area (Å²) in [5, 5.41) is 11.0. The molecule has 25 rings (SSSR count). The van der Waals surface area contributed by atoms with Gasteiger partial charge in [0, 0.05) is 148 Å². The van der Waals surface area contributed by atoms with Gasteiger partial charge in [0.05, 0.1) is 78.7 Å². The fourth-order valence-corrected chi connectivity index (χ4v) is 19.7. The molecule has 10 nitrogen and oxygen atoms in total. The second-order valence-corrected chi connectivity index (χ2v) is 36.2. The van der Waals surface area contributed by atoms with E-state index in [-0.39, 0.29) is 7.43 Å². The Balaban J connectivity index is 0.000000156. The Morgan fingerprint density at radius 1 is 0.163 bits per heavy atom. The summed E-state index contributed by atoms with van der Waals surface area (Å²) >= 11 is 7.08. The molecule has 0 unspecified atom stereocenters. The maximum absolute atomic E-state index is 5.66. The number of halogens is 2. The van der Waals surface area contributed by atoms with Crippen LogP contribution in [-0.2, 0) is 0 Å². The lowest BCUT2D eigenvalue weighted by atomic mass is 9.99. The number of nitrogens with one attached hydrogen (secondary N) is 1. The lowest BCUT2D eigenvalue weighted by Crippen LogP contribution is -2.10. The van der Waals surface area contributed by atoms with Crippen LogP contribution in [0.4, 0.5) is 45.5 Å². The molecule has 0 aliphatic carbocycles. The van der Waals surface area contributed by atoms with Gasteiger partial charge in [-0.3, -0.25) is 0 Å². The molecule has 0 aliphatic heterocycles. The summed E-state index contributed by atoms with van der Waals surface area (Å²) in [7, 11) is 0. The minimum Gasteiger partial charge on any atom is -0.356 e. The second-order valence-electron chi connectivity index (χ2n) is 34.3. The number of anilines is 8. The molecule has 20 aromatic carbocycles. The van der Waals surface area contributed by atoms with Crippen molar-refractivity contribution >= 4 is 143 Å². The van der Waals surface area contributed by atoms with Gasteiger partial charge in [0.1, 0.15) is 0 Å². The predicted molar refractivity (Wildman–Crippen MR) is 598 cm³/mol. The molecule has 1 N–H and O–H groups in total. The van der Waals surface area contributed by atoms with E-state index in [0.29, 0.717) is 0 Å². The van der Waals surface area contributed by atoms with Gasteiger partial charge < -0.3 is 28.8 Å². The third-order valence-electron chi connectivity index (χ3n) is 25.7. The number of para-hydroxylation sites is 9. The molecule has 0 atom stereocenters. The highest BCUT2D eigenvalue weighted by molar-refractivity contribution is 9.10. The molecule has 25 aromatic rings. The van der Waals surface area contributed by atoms with Crippen molar-refractivity contribution in [1.82, 2.24) is 33.6 Å². The average Bonchev–Trinajstić information content (AvgIpc) is 1.59. The van der Waals surface area contributed by atoms with Crippen LogP contribution >= 0.6 is 31.9 Å². The van der Waals surface area contributed by atoms with Crippen LogP contribution in [0.5, 0.6) is 0 Å². The van der Waals surface area contributed by atoms with E-state index in [1.165, 1.54) is 71.1 Å². The second kappa shape index (κ2) is 39.9. The number of hydrogen-bond acceptors (Lipinski definition) is 7. The SMILES string of the molecule is Brc1ccc(-c2nc(-c3ccccc3)c(-c3ccccc3)nc2-c2ccc(Br)cc2)cc1.C.c1ccc(-c2nc(-c3ccc(N(c4ccccc4)c4ccc(-n5c6ccccc6c6ccccc65)cc4)cc3)c(-c3ccc(N(c4ccccc4)c4ccc(-n5c6ccccc6c6ccccc65)cc4)cc3)nc2-c2ccccc2)cc1.c1ccc(Nc2ccc(-n3c4ccccc4c4ccccc43)cc2)cc1. The fraction of sp³-hybridized carbons (Fsp3) is 0.00775. The Hall–Kier alpha value is -17.7. The molecular formula is C129H92Br2N10. The molecule has 0 fully saturated rings. The summed E-state index contributed by atoms with van der Waals surface area (Å²) in [5.41, 5.74) is 33.7. The molecule has 672 valence electrons. The Morgan fingerprint density at radius 3 is 0.574 bits per heavy atom. The van der Waals surface area contributed by atoms with Gasteiger partial charge in [-0.1, -0.05) is 373 Å². The summed E-state index contributed by atoms with van der Waals surface area (Å²) in [4.78, 5) is 26.4. The van der Waals surface area contributed by atoms with Gasteiger partial charge in [0.2, 0.25) is 0 Å². The van der Waals surface area contributed by atoms with Gasteiger partial charge in [-0.05, 0) is 194 Å². The number of rotatable bonds is 19. The van der Waals surface area contributed by atoms with Crippen molar-refractivity contribution in [3.63, 3.8) is 0 Å². The van der Waals surface area contributed by atoms with Crippen molar-refractivity contribution in [3.8, 4) is 107 Å². The average molecular weight is 1940 g/mol. The van der Waals surface area contributed by atoms with Gasteiger partial charge >= 0.3 is 0 Å². The molecule has 141 heavy (non-hydrogen) atoms. The standard InChI is InChI=1S/C76H52N6.C28H18Br2N2.C24H18N2.CH4/c1-5-21-53(22-6-1)73-74(54-23-7-2-8-24-54)78-76(56-39-43-60(44-40-56)80(58-27-11-4-12-28-58)62-47-51-64(52-48-62)82-71-35-19-15-31-67(71)68-32-16-20-36-72(68)82)75(77-73)55-37-41-59(42-38-55)79(57-25-9-3-10-26-57)61-45-49-63(50-46-61)81-69-33-17-13-29-65(69)66-30-14-18-34-70(66)81;29-23-15-11-21(12-16-23)27-28(22-13-17-24(30)18-14-22)32-26(20-9-5-2-6-10-20)25(31-27)19-7-3-1-4-8-19;1-2-8-18(9-3-1)25-19-14-16-20(17-15-19)26-23-12-6-4-10-21(23)22-11-5-7-13-24(22)26;/h1-52H;1-18H;1-17,25H;1H4. The first-order valence-corrected chi connectivity index (χ1v) is 48.4. The van der Waals surface area contributed by atoms with Crippen LogP contribution in [0.15, 0.2) is 537 Å². The normalized spacial score (nSPS) is 11.1. The topological polar surface area (TPSA) is 84.9 Å². The third kappa shape index (κ3) is 17.9. The molecule has 0 radical (unpaired) electrons. The highest BCUT2D eigenvalue weighted by Crippen LogP contribution is 2.46. The Morgan fingerprint density at radius 2 is 0.333 bits per heavy atom. The van der Waals surface area contributed by atoms with Gasteiger partial charge in [0.15, 0.2) is 0 Å². The van der Waals surface area contributed by atoms with Crippen molar-refractivity contribution in [2.24, 2.45) is 0 Å². The molecule has 0 spiro atoms. The van der Waals surface area contributed by atoms with Crippen molar-refractivity contribution < 1.29 is 0 Å². The summed E-state index contributed by atoms with van der Waals surface area (Å²) in [6.45, 7) is 0. The molecule has 12 heteroatoms. The minimum atomic E-state index is 0. The molecule has 0 bridgehead atoms. The molecule has 0 amide bonds. The highest BCUT2D eigenvalue weighted by atomic mass is 79.9. The summed E-state index contributed by atoms with van der Waals surface area (Å²) in [6, 6.07) is 185. The molecule has 0 aliphatic rings. The van der Waals surface area contributed by atoms with Crippen molar-refractivity contribution in [2.75, 3.05) is 15.1 Å². The lowest BCUT2D eigenvalue weighted by molar-refractivity contribution is 1.17. The predicted octanol–water partition coefficient (Wildman–Crippen LogP) is 36.1. The van der Waals surface area contributed by atoms with Gasteiger partial charge in [-0.25, -0.2) is 19.9 Å². The van der Waals surface area contributed by atoms with Crippen LogP contribution in [0.2, 0.25) is 0 Å². The number of hydrogen-bond donors (Lipinski definition) is 1. The Bertz CT molecular complexity index is 8120. The van der Waals surface area contributed by atoms with Crippen LogP contribution < -0.4 is 15.1 Å². The van der Waals surface area contributed by atoms with Crippen LogP contribution in [0.1, 0.15) is 7.43 Å². The first-order chi connectivity index (χ1) is 69.3. The first kappa shape index (κ1) is 88.6. The Labute approximate surface area is 836 Å². The van der Waals surface area contributed by atoms with Crippen molar-refractivity contribution in [2.45, 2.75) is 7.43 Å². The zero-order valence-electron chi connectivity index (χ0n) is 76.0. The summed E-state index contributed by atoms with van der Waals surface area (Å²) in [5.74, 6) is 0. The molecule has 0 saturated heterocycles. The van der Waals surface area contributed by atoms with Gasteiger partial charge in [0.25, 0.3) is 0 Å². The van der Waals surface area contributed by atoms with E-state index in [0.717, 1.165) is 156 Å². The maximum Gasteiger partial charge on any atom is 0.0973 e. The zero-order chi connectivity index (χ0) is 93.6. The minimum absolute atomic E-state index is 0. The van der Waals surface area contributed by atoms with E-state index in [4.69, 9.17) is 19.9 Å². The summed E-state index contributed by atoms with van der Waals surface area (Å²) in [6.07, 6.45) is 0. The first-order valence-electron chi connectivity index (χ1n) is 46.9. The number of fused-ring (bicyclic) bond motifs is 9. The molecule has 5 heterocycles. The number of benzene rings is 20. The van der Waals surface area contributed by atoms with E-state index in [9.17, 15) is 0 Å². The van der Waals surface area contributed by atoms with Crippen LogP contribution in [0, 0.1) is 0 Å². The Kier molecular flexibility index (Phi) is 25.1. The van der Waals surface area contributed by atoms with E-state index in [2.05, 4.69) is 497 Å². The smallest absolute Gasteiger partial charge is 0.0973 e. The number of aromatic nitrogens is 7.